The number of halogens is 2. The van der Waals surface area contributed by atoms with E-state index in [1.165, 1.54) is 12.1 Å². The summed E-state index contributed by atoms with van der Waals surface area (Å²) in [5.74, 6) is -0.839. The summed E-state index contributed by atoms with van der Waals surface area (Å²) in [5, 5.41) is 0. The van der Waals surface area contributed by atoms with Gasteiger partial charge in [-0.2, -0.15) is 0 Å². The molecule has 0 amide bonds. The van der Waals surface area contributed by atoms with E-state index in [2.05, 4.69) is 0 Å². The van der Waals surface area contributed by atoms with E-state index in [9.17, 15) is 16.8 Å². The van der Waals surface area contributed by atoms with Crippen LogP contribution in [0, 0.1) is 0 Å². The summed E-state index contributed by atoms with van der Waals surface area (Å²) in [5.41, 5.74) is 0.670. The van der Waals surface area contributed by atoms with Crippen molar-refractivity contribution in [3.05, 3.63) is 35.4 Å². The van der Waals surface area contributed by atoms with E-state index in [1.54, 1.807) is 12.1 Å². The van der Waals surface area contributed by atoms with Gasteiger partial charge in [0.1, 0.15) is 0 Å². The van der Waals surface area contributed by atoms with Gasteiger partial charge in [0.15, 0.2) is 0 Å². The minimum Gasteiger partial charge on any atom is -0.212 e. The largest absolute Gasteiger partial charge is 0.236 e. The van der Waals surface area contributed by atoms with Gasteiger partial charge in [-0.25, -0.2) is 16.8 Å². The topological polar surface area (TPSA) is 68.3 Å². The Morgan fingerprint density at radius 3 is 1.38 bits per heavy atom. The minimum atomic E-state index is -3.72. The number of benzene rings is 1. The van der Waals surface area contributed by atoms with Crippen molar-refractivity contribution in [3.63, 3.8) is 0 Å². The average molecular weight is 303 g/mol. The van der Waals surface area contributed by atoms with Gasteiger partial charge in [0.05, 0.1) is 11.5 Å². The molecule has 4 nitrogen and oxygen atoms in total. The van der Waals surface area contributed by atoms with Crippen LogP contribution in [0.15, 0.2) is 24.3 Å². The van der Waals surface area contributed by atoms with E-state index in [0.717, 1.165) is 0 Å². The van der Waals surface area contributed by atoms with Crippen LogP contribution in [0.3, 0.4) is 0 Å². The lowest BCUT2D eigenvalue weighted by Crippen LogP contribution is -2.03. The molecule has 0 aliphatic carbocycles. The molecule has 0 spiro atoms. The van der Waals surface area contributed by atoms with Crippen LogP contribution in [0.5, 0.6) is 0 Å². The third-order valence-electron chi connectivity index (χ3n) is 1.77. The van der Waals surface area contributed by atoms with Gasteiger partial charge in [-0.1, -0.05) is 24.3 Å². The molecule has 0 unspecified atom stereocenters. The van der Waals surface area contributed by atoms with Gasteiger partial charge in [0, 0.05) is 21.4 Å². The summed E-state index contributed by atoms with van der Waals surface area (Å²) in [7, 11) is 2.76. The zero-order valence-electron chi connectivity index (χ0n) is 7.93. The molecule has 0 aromatic heterocycles. The van der Waals surface area contributed by atoms with Crippen molar-refractivity contribution < 1.29 is 16.8 Å². The molecule has 16 heavy (non-hydrogen) atoms. The van der Waals surface area contributed by atoms with Gasteiger partial charge in [0.2, 0.25) is 18.1 Å². The molecule has 1 aromatic carbocycles. The maximum atomic E-state index is 10.9. The average Bonchev–Trinajstić information content (AvgIpc) is 2.03. The lowest BCUT2D eigenvalue weighted by molar-refractivity contribution is 0.605. The second-order valence-electron chi connectivity index (χ2n) is 3.14. The summed E-state index contributed by atoms with van der Waals surface area (Å²) in [6, 6.07) is 6.19. The first-order chi connectivity index (χ1) is 7.17. The molecule has 0 aliphatic heterocycles. The van der Waals surface area contributed by atoms with Gasteiger partial charge in [-0.3, -0.25) is 0 Å². The molecule has 0 aliphatic rings. The van der Waals surface area contributed by atoms with Crippen molar-refractivity contribution in [1.29, 1.82) is 0 Å². The molecule has 0 bridgehead atoms. The van der Waals surface area contributed by atoms with Crippen LogP contribution in [-0.4, -0.2) is 16.8 Å². The van der Waals surface area contributed by atoms with Crippen molar-refractivity contribution in [2.75, 3.05) is 0 Å². The van der Waals surface area contributed by atoms with E-state index in [1.807, 2.05) is 0 Å². The fourth-order valence-electron chi connectivity index (χ4n) is 1.21. The van der Waals surface area contributed by atoms with Gasteiger partial charge in [-0.05, 0) is 11.1 Å². The number of rotatable bonds is 4. The summed E-state index contributed by atoms with van der Waals surface area (Å²) in [4.78, 5) is 0. The molecule has 1 aromatic rings. The molecular formula is C8H8Cl2O4S2. The van der Waals surface area contributed by atoms with Gasteiger partial charge in [-0.15, -0.1) is 0 Å². The minimum absolute atomic E-state index is 0.335. The second-order valence-corrected chi connectivity index (χ2v) is 8.69. The molecule has 0 atom stereocenters. The summed E-state index contributed by atoms with van der Waals surface area (Å²) in [6.45, 7) is 0. The van der Waals surface area contributed by atoms with Crippen molar-refractivity contribution in [2.45, 2.75) is 11.5 Å². The predicted molar refractivity (Wildman–Crippen MR) is 63.4 cm³/mol. The highest BCUT2D eigenvalue weighted by Crippen LogP contribution is 2.18. The Labute approximate surface area is 103 Å². The van der Waals surface area contributed by atoms with E-state index < -0.39 is 29.6 Å². The Hall–Kier alpha value is -0.300. The molecule has 8 heteroatoms. The first kappa shape index (κ1) is 13.8. The standard InChI is InChI=1S/C8H8Cl2O4S2/c9-15(11,12)5-7-3-1-2-4-8(7)6-16(10,13)14/h1-4H,5-6H2. The zero-order valence-corrected chi connectivity index (χ0v) is 11.1. The predicted octanol–water partition coefficient (Wildman–Crippen LogP) is 1.82. The first-order valence-corrected chi connectivity index (χ1v) is 9.04. The van der Waals surface area contributed by atoms with E-state index >= 15 is 0 Å². The molecule has 0 saturated carbocycles. The number of hydrogen-bond acceptors (Lipinski definition) is 4. The maximum Gasteiger partial charge on any atom is 0.236 e. The van der Waals surface area contributed by atoms with Crippen LogP contribution < -0.4 is 0 Å². The molecular weight excluding hydrogens is 295 g/mol. The van der Waals surface area contributed by atoms with Crippen LogP contribution in [0.1, 0.15) is 11.1 Å². The molecule has 90 valence electrons. The van der Waals surface area contributed by atoms with Crippen LogP contribution in [0.25, 0.3) is 0 Å². The van der Waals surface area contributed by atoms with E-state index in [0.29, 0.717) is 11.1 Å². The van der Waals surface area contributed by atoms with Crippen LogP contribution >= 0.6 is 21.4 Å². The van der Waals surface area contributed by atoms with Gasteiger partial charge in [0.25, 0.3) is 0 Å². The maximum absolute atomic E-state index is 10.9. The first-order valence-electron chi connectivity index (χ1n) is 4.09. The van der Waals surface area contributed by atoms with E-state index in [4.69, 9.17) is 21.4 Å². The molecule has 0 radical (unpaired) electrons. The van der Waals surface area contributed by atoms with E-state index in [-0.39, 0.29) is 0 Å². The Morgan fingerprint density at radius 1 is 0.812 bits per heavy atom. The van der Waals surface area contributed by atoms with Gasteiger partial charge < -0.3 is 0 Å². The van der Waals surface area contributed by atoms with Crippen molar-refractivity contribution in [1.82, 2.24) is 0 Å². The quantitative estimate of drug-likeness (QED) is 0.796. The Balaban J connectivity index is 3.11. The van der Waals surface area contributed by atoms with Crippen LogP contribution in [0.2, 0.25) is 0 Å². The Bertz CT molecular complexity index is 525. The lowest BCUT2D eigenvalue weighted by Gasteiger charge is -2.05. The van der Waals surface area contributed by atoms with Crippen molar-refractivity contribution in [3.8, 4) is 0 Å². The van der Waals surface area contributed by atoms with Crippen molar-refractivity contribution in [2.24, 2.45) is 0 Å². The SMILES string of the molecule is O=S(=O)(Cl)Cc1ccccc1CS(=O)(=O)Cl. The second kappa shape index (κ2) is 4.91. The summed E-state index contributed by atoms with van der Waals surface area (Å²) < 4.78 is 43.6. The lowest BCUT2D eigenvalue weighted by atomic mass is 10.1. The van der Waals surface area contributed by atoms with Crippen LogP contribution in [0.4, 0.5) is 0 Å². The summed E-state index contributed by atoms with van der Waals surface area (Å²) in [6.07, 6.45) is 0. The summed E-state index contributed by atoms with van der Waals surface area (Å²) >= 11 is 0. The normalized spacial score (nSPS) is 12.6. The molecule has 0 fully saturated rings. The Morgan fingerprint density at radius 2 is 1.12 bits per heavy atom. The fraction of sp³-hybridized carbons (Fsp3) is 0.250. The molecule has 0 heterocycles. The van der Waals surface area contributed by atoms with Crippen LogP contribution in [-0.2, 0) is 29.6 Å². The molecule has 0 saturated heterocycles. The van der Waals surface area contributed by atoms with Crippen molar-refractivity contribution >= 4 is 39.5 Å². The monoisotopic (exact) mass is 302 g/mol. The molecule has 1 rings (SSSR count). The van der Waals surface area contributed by atoms with Gasteiger partial charge >= 0.3 is 0 Å². The number of hydrogen-bond donors (Lipinski definition) is 0. The fourth-order valence-corrected chi connectivity index (χ4v) is 3.22. The Kier molecular flexibility index (Phi) is 4.23. The highest BCUT2D eigenvalue weighted by atomic mass is 35.7. The highest BCUT2D eigenvalue weighted by molar-refractivity contribution is 8.13. The smallest absolute Gasteiger partial charge is 0.212 e. The third kappa shape index (κ3) is 5.16. The highest BCUT2D eigenvalue weighted by Gasteiger charge is 2.14. The molecule has 0 N–H and O–H groups in total. The third-order valence-corrected chi connectivity index (χ3v) is 3.74. The zero-order chi connectivity index (χ0) is 12.4.